The summed E-state index contributed by atoms with van der Waals surface area (Å²) in [6.07, 6.45) is 0. The fourth-order valence-electron chi connectivity index (χ4n) is 1.88. The summed E-state index contributed by atoms with van der Waals surface area (Å²) in [5, 5.41) is 6.68. The predicted octanol–water partition coefficient (Wildman–Crippen LogP) is 2.01. The standard InChI is InChI=1S/C12H16ClFN2O/c1-8-5-15-6-12(8)16-7-17-9-2-3-10(13)11(14)4-9/h2-4,8,12,15-16H,5-7H2,1H3. The molecule has 1 aromatic rings. The van der Waals surface area contributed by atoms with E-state index in [0.717, 1.165) is 13.1 Å². The Bertz CT molecular complexity index is 389. The molecule has 1 fully saturated rings. The van der Waals surface area contributed by atoms with Crippen LogP contribution in [0.4, 0.5) is 4.39 Å². The van der Waals surface area contributed by atoms with E-state index in [0.29, 0.717) is 24.4 Å². The van der Waals surface area contributed by atoms with Gasteiger partial charge in [-0.05, 0) is 24.6 Å². The SMILES string of the molecule is CC1CNCC1NCOc1ccc(Cl)c(F)c1. The highest BCUT2D eigenvalue weighted by Crippen LogP contribution is 2.20. The fourth-order valence-corrected chi connectivity index (χ4v) is 2.00. The summed E-state index contributed by atoms with van der Waals surface area (Å²) in [7, 11) is 0. The summed E-state index contributed by atoms with van der Waals surface area (Å²) < 4.78 is 18.5. The molecule has 0 aliphatic carbocycles. The minimum absolute atomic E-state index is 0.110. The number of benzene rings is 1. The maximum atomic E-state index is 13.1. The maximum absolute atomic E-state index is 13.1. The highest BCUT2D eigenvalue weighted by atomic mass is 35.5. The molecule has 1 heterocycles. The van der Waals surface area contributed by atoms with E-state index < -0.39 is 5.82 Å². The van der Waals surface area contributed by atoms with Crippen LogP contribution in [0.5, 0.6) is 5.75 Å². The highest BCUT2D eigenvalue weighted by Gasteiger charge is 2.21. The van der Waals surface area contributed by atoms with E-state index in [1.165, 1.54) is 12.1 Å². The minimum Gasteiger partial charge on any atom is -0.478 e. The van der Waals surface area contributed by atoms with E-state index in [9.17, 15) is 4.39 Å². The molecular weight excluding hydrogens is 243 g/mol. The largest absolute Gasteiger partial charge is 0.478 e. The predicted molar refractivity (Wildman–Crippen MR) is 65.9 cm³/mol. The van der Waals surface area contributed by atoms with Gasteiger partial charge < -0.3 is 10.1 Å². The smallest absolute Gasteiger partial charge is 0.145 e. The van der Waals surface area contributed by atoms with Crippen molar-refractivity contribution < 1.29 is 9.13 Å². The first-order valence-corrected chi connectivity index (χ1v) is 6.06. The second-order valence-electron chi connectivity index (χ2n) is 4.31. The van der Waals surface area contributed by atoms with Crippen LogP contribution in [0.2, 0.25) is 5.02 Å². The van der Waals surface area contributed by atoms with E-state index >= 15 is 0 Å². The van der Waals surface area contributed by atoms with E-state index in [4.69, 9.17) is 16.3 Å². The third kappa shape index (κ3) is 3.31. The number of hydrogen-bond acceptors (Lipinski definition) is 3. The molecule has 3 nitrogen and oxygen atoms in total. The molecule has 0 bridgehead atoms. The van der Waals surface area contributed by atoms with Gasteiger partial charge >= 0.3 is 0 Å². The molecular formula is C12H16ClFN2O. The molecule has 0 radical (unpaired) electrons. The number of nitrogens with one attached hydrogen (secondary N) is 2. The van der Waals surface area contributed by atoms with Gasteiger partial charge in [-0.1, -0.05) is 18.5 Å². The Labute approximate surface area is 105 Å². The van der Waals surface area contributed by atoms with E-state index in [2.05, 4.69) is 17.6 Å². The van der Waals surface area contributed by atoms with Gasteiger partial charge in [-0.25, -0.2) is 4.39 Å². The molecule has 1 aliphatic rings. The third-order valence-corrected chi connectivity index (χ3v) is 3.30. The van der Waals surface area contributed by atoms with E-state index in [-0.39, 0.29) is 5.02 Å². The average Bonchev–Trinajstić information content (AvgIpc) is 2.70. The molecule has 2 atom stereocenters. The van der Waals surface area contributed by atoms with Crippen molar-refractivity contribution in [2.75, 3.05) is 19.8 Å². The van der Waals surface area contributed by atoms with E-state index in [1.54, 1.807) is 6.07 Å². The fraction of sp³-hybridized carbons (Fsp3) is 0.500. The first-order chi connectivity index (χ1) is 8.16. The zero-order valence-electron chi connectivity index (χ0n) is 9.67. The Morgan fingerprint density at radius 3 is 3.00 bits per heavy atom. The van der Waals surface area contributed by atoms with Crippen LogP contribution in [0.15, 0.2) is 18.2 Å². The van der Waals surface area contributed by atoms with Gasteiger partial charge in [0.15, 0.2) is 0 Å². The van der Waals surface area contributed by atoms with Crippen molar-refractivity contribution >= 4 is 11.6 Å². The molecule has 17 heavy (non-hydrogen) atoms. The first kappa shape index (κ1) is 12.6. The van der Waals surface area contributed by atoms with Gasteiger partial charge in [-0.3, -0.25) is 5.32 Å². The molecule has 0 amide bonds. The number of hydrogen-bond donors (Lipinski definition) is 2. The lowest BCUT2D eigenvalue weighted by Gasteiger charge is -2.16. The second-order valence-corrected chi connectivity index (χ2v) is 4.72. The lowest BCUT2D eigenvalue weighted by Crippen LogP contribution is -2.37. The summed E-state index contributed by atoms with van der Waals surface area (Å²) >= 11 is 5.58. The minimum atomic E-state index is -0.458. The molecule has 2 rings (SSSR count). The van der Waals surface area contributed by atoms with Gasteiger partial charge in [0, 0.05) is 18.7 Å². The topological polar surface area (TPSA) is 33.3 Å². The van der Waals surface area contributed by atoms with Crippen molar-refractivity contribution in [3.63, 3.8) is 0 Å². The van der Waals surface area contributed by atoms with Crippen LogP contribution in [-0.2, 0) is 0 Å². The van der Waals surface area contributed by atoms with Crippen molar-refractivity contribution in [2.24, 2.45) is 5.92 Å². The van der Waals surface area contributed by atoms with Gasteiger partial charge in [0.2, 0.25) is 0 Å². The molecule has 2 unspecified atom stereocenters. The molecule has 1 saturated heterocycles. The summed E-state index contributed by atoms with van der Waals surface area (Å²) in [6.45, 7) is 4.52. The van der Waals surface area contributed by atoms with Gasteiger partial charge in [-0.2, -0.15) is 0 Å². The van der Waals surface area contributed by atoms with Crippen molar-refractivity contribution in [3.05, 3.63) is 29.0 Å². The first-order valence-electron chi connectivity index (χ1n) is 5.69. The Morgan fingerprint density at radius 1 is 1.53 bits per heavy atom. The van der Waals surface area contributed by atoms with Gasteiger partial charge in [0.1, 0.15) is 18.3 Å². The zero-order valence-corrected chi connectivity index (χ0v) is 10.4. The lowest BCUT2D eigenvalue weighted by molar-refractivity contribution is 0.253. The Balaban J connectivity index is 1.79. The van der Waals surface area contributed by atoms with Gasteiger partial charge in [0.05, 0.1) is 5.02 Å². The number of halogens is 2. The van der Waals surface area contributed by atoms with E-state index in [1.807, 2.05) is 0 Å². The molecule has 1 aliphatic heterocycles. The van der Waals surface area contributed by atoms with Crippen LogP contribution < -0.4 is 15.4 Å². The Kier molecular flexibility index (Phi) is 4.20. The van der Waals surface area contributed by atoms with Crippen LogP contribution in [0.3, 0.4) is 0 Å². The van der Waals surface area contributed by atoms with Crippen LogP contribution in [0.1, 0.15) is 6.92 Å². The number of rotatable bonds is 4. The molecule has 94 valence electrons. The maximum Gasteiger partial charge on any atom is 0.145 e. The monoisotopic (exact) mass is 258 g/mol. The quantitative estimate of drug-likeness (QED) is 0.811. The van der Waals surface area contributed by atoms with Crippen molar-refractivity contribution in [1.82, 2.24) is 10.6 Å². The summed E-state index contributed by atoms with van der Waals surface area (Å²) in [6, 6.07) is 4.85. The van der Waals surface area contributed by atoms with Crippen LogP contribution in [0.25, 0.3) is 0 Å². The molecule has 1 aromatic carbocycles. The second kappa shape index (κ2) is 5.67. The Morgan fingerprint density at radius 2 is 2.35 bits per heavy atom. The van der Waals surface area contributed by atoms with Crippen LogP contribution in [-0.4, -0.2) is 25.9 Å². The molecule has 0 aromatic heterocycles. The van der Waals surface area contributed by atoms with Gasteiger partial charge in [-0.15, -0.1) is 0 Å². The average molecular weight is 259 g/mol. The molecule has 5 heteroatoms. The van der Waals surface area contributed by atoms with Crippen LogP contribution >= 0.6 is 11.6 Å². The highest BCUT2D eigenvalue weighted by molar-refractivity contribution is 6.30. The Hall–Kier alpha value is -0.840. The zero-order chi connectivity index (χ0) is 12.3. The van der Waals surface area contributed by atoms with Crippen LogP contribution in [0, 0.1) is 11.7 Å². The summed E-state index contributed by atoms with van der Waals surface area (Å²) in [5.74, 6) is 0.610. The van der Waals surface area contributed by atoms with Crippen molar-refractivity contribution in [2.45, 2.75) is 13.0 Å². The van der Waals surface area contributed by atoms with Gasteiger partial charge in [0.25, 0.3) is 0 Å². The number of ether oxygens (including phenoxy) is 1. The van der Waals surface area contributed by atoms with Crippen molar-refractivity contribution in [3.8, 4) is 5.75 Å². The lowest BCUT2D eigenvalue weighted by atomic mass is 10.1. The third-order valence-electron chi connectivity index (χ3n) is 2.99. The summed E-state index contributed by atoms with van der Waals surface area (Å²) in [4.78, 5) is 0. The summed E-state index contributed by atoms with van der Waals surface area (Å²) in [5.41, 5.74) is 0. The normalized spacial score (nSPS) is 23.9. The van der Waals surface area contributed by atoms with Crippen molar-refractivity contribution in [1.29, 1.82) is 0 Å². The molecule has 2 N–H and O–H groups in total. The molecule has 0 spiro atoms. The molecule has 0 saturated carbocycles.